The van der Waals surface area contributed by atoms with Gasteiger partial charge in [0.1, 0.15) is 0 Å². The van der Waals surface area contributed by atoms with Crippen LogP contribution in [-0.2, 0) is 4.79 Å². The van der Waals surface area contributed by atoms with E-state index >= 15 is 0 Å². The second kappa shape index (κ2) is 5.07. The quantitative estimate of drug-likeness (QED) is 0.722. The normalized spacial score (nSPS) is 10.9. The number of thioether (sulfide) groups is 1. The summed E-state index contributed by atoms with van der Waals surface area (Å²) in [6.45, 7) is 0. The molecule has 3 rings (SSSR count). The van der Waals surface area contributed by atoms with Gasteiger partial charge in [-0.2, -0.15) is 0 Å². The van der Waals surface area contributed by atoms with Gasteiger partial charge < -0.3 is 10.1 Å². The fourth-order valence-electron chi connectivity index (χ4n) is 1.75. The molecule has 0 aliphatic rings. The first-order chi connectivity index (χ1) is 9.22. The first kappa shape index (κ1) is 12.3. The van der Waals surface area contributed by atoms with Crippen molar-refractivity contribution in [2.45, 2.75) is 5.16 Å². The van der Waals surface area contributed by atoms with E-state index in [-0.39, 0.29) is 5.75 Å². The van der Waals surface area contributed by atoms with Crippen LogP contribution < -0.4 is 0 Å². The summed E-state index contributed by atoms with van der Waals surface area (Å²) in [5.41, 5.74) is 0.925. The van der Waals surface area contributed by atoms with E-state index in [2.05, 4.69) is 28.2 Å². The van der Waals surface area contributed by atoms with Crippen LogP contribution in [0.25, 0.3) is 20.7 Å². The number of benzene rings is 1. The Labute approximate surface area is 117 Å². The Balaban J connectivity index is 1.87. The highest BCUT2D eigenvalue weighted by Crippen LogP contribution is 2.33. The number of aromatic amines is 1. The Morgan fingerprint density at radius 2 is 2.26 bits per heavy atom. The van der Waals surface area contributed by atoms with E-state index in [1.165, 1.54) is 21.8 Å². The van der Waals surface area contributed by atoms with Gasteiger partial charge in [0, 0.05) is 4.70 Å². The number of nitrogens with one attached hydrogen (secondary N) is 1. The maximum atomic E-state index is 10.5. The second-order valence-electron chi connectivity index (χ2n) is 3.93. The molecule has 0 radical (unpaired) electrons. The number of thiophene rings is 1. The molecular formula is C13H10N2O2S2. The summed E-state index contributed by atoms with van der Waals surface area (Å²) in [5, 5.41) is 10.5. The number of nitrogens with zero attached hydrogens (tertiary/aromatic N) is 1. The van der Waals surface area contributed by atoms with Gasteiger partial charge in [0.25, 0.3) is 0 Å². The molecule has 0 bridgehead atoms. The molecule has 2 N–H and O–H groups in total. The van der Waals surface area contributed by atoms with Crippen molar-refractivity contribution in [1.82, 2.24) is 9.97 Å². The molecule has 1 aromatic carbocycles. The third-order valence-electron chi connectivity index (χ3n) is 2.58. The van der Waals surface area contributed by atoms with E-state index in [9.17, 15) is 4.79 Å². The first-order valence-electron chi connectivity index (χ1n) is 5.61. The molecule has 0 aliphatic carbocycles. The number of aliphatic carboxylic acids is 1. The van der Waals surface area contributed by atoms with Gasteiger partial charge in [-0.15, -0.1) is 11.3 Å². The lowest BCUT2D eigenvalue weighted by Crippen LogP contribution is -1.97. The number of hydrogen-bond donors (Lipinski definition) is 2. The average Bonchev–Trinajstić information content (AvgIpc) is 3.02. The first-order valence-corrected chi connectivity index (χ1v) is 7.41. The minimum Gasteiger partial charge on any atom is -0.481 e. The summed E-state index contributed by atoms with van der Waals surface area (Å²) < 4.78 is 1.23. The predicted molar refractivity (Wildman–Crippen MR) is 77.8 cm³/mol. The topological polar surface area (TPSA) is 66.0 Å². The Morgan fingerprint density at radius 1 is 1.42 bits per heavy atom. The summed E-state index contributed by atoms with van der Waals surface area (Å²) in [7, 11) is 0. The number of carbonyl (C=O) groups is 1. The number of carboxylic acid groups (broad SMARTS) is 1. The van der Waals surface area contributed by atoms with Crippen molar-refractivity contribution in [2.24, 2.45) is 0 Å². The van der Waals surface area contributed by atoms with Gasteiger partial charge in [-0.25, -0.2) is 4.98 Å². The third kappa shape index (κ3) is 2.64. The highest BCUT2D eigenvalue weighted by Gasteiger charge is 2.08. The van der Waals surface area contributed by atoms with Gasteiger partial charge in [0.05, 0.1) is 22.5 Å². The van der Waals surface area contributed by atoms with E-state index < -0.39 is 5.97 Å². The molecule has 2 aromatic heterocycles. The Kier molecular flexibility index (Phi) is 3.27. The van der Waals surface area contributed by atoms with Crippen LogP contribution in [0.3, 0.4) is 0 Å². The molecule has 0 aliphatic heterocycles. The van der Waals surface area contributed by atoms with Crippen LogP contribution in [0.5, 0.6) is 0 Å². The predicted octanol–water partition coefficient (Wildman–Crippen LogP) is 3.47. The Bertz CT molecular complexity index is 700. The monoisotopic (exact) mass is 290 g/mol. The highest BCUT2D eigenvalue weighted by molar-refractivity contribution is 7.99. The smallest absolute Gasteiger partial charge is 0.313 e. The lowest BCUT2D eigenvalue weighted by molar-refractivity contribution is -0.133. The van der Waals surface area contributed by atoms with E-state index in [0.29, 0.717) is 5.16 Å². The van der Waals surface area contributed by atoms with E-state index in [4.69, 9.17) is 5.11 Å². The molecule has 4 nitrogen and oxygen atoms in total. The van der Waals surface area contributed by atoms with Crippen LogP contribution in [-0.4, -0.2) is 26.8 Å². The zero-order chi connectivity index (χ0) is 13.2. The maximum absolute atomic E-state index is 10.5. The van der Waals surface area contributed by atoms with Gasteiger partial charge in [-0.05, 0) is 17.5 Å². The molecule has 0 fully saturated rings. The van der Waals surface area contributed by atoms with Crippen molar-refractivity contribution in [3.05, 3.63) is 36.5 Å². The second-order valence-corrected chi connectivity index (χ2v) is 5.98. The number of rotatable bonds is 4. The van der Waals surface area contributed by atoms with Gasteiger partial charge in [0.2, 0.25) is 0 Å². The summed E-state index contributed by atoms with van der Waals surface area (Å²) in [4.78, 5) is 18.9. The van der Waals surface area contributed by atoms with Gasteiger partial charge in [-0.1, -0.05) is 30.0 Å². The van der Waals surface area contributed by atoms with E-state index in [0.717, 1.165) is 10.6 Å². The average molecular weight is 290 g/mol. The van der Waals surface area contributed by atoms with Crippen LogP contribution in [0.1, 0.15) is 0 Å². The molecule has 0 saturated carbocycles. The number of hydrogen-bond acceptors (Lipinski definition) is 4. The molecule has 0 spiro atoms. The number of H-pyrrole nitrogens is 1. The highest BCUT2D eigenvalue weighted by atomic mass is 32.2. The van der Waals surface area contributed by atoms with Crippen LogP contribution in [0.4, 0.5) is 0 Å². The van der Waals surface area contributed by atoms with Crippen molar-refractivity contribution in [3.63, 3.8) is 0 Å². The number of imidazole rings is 1. The molecule has 0 unspecified atom stereocenters. The van der Waals surface area contributed by atoms with Crippen LogP contribution in [0.15, 0.2) is 41.7 Å². The van der Waals surface area contributed by atoms with E-state index in [1.807, 2.05) is 12.1 Å². The third-order valence-corrected chi connectivity index (χ3v) is 4.60. The zero-order valence-electron chi connectivity index (χ0n) is 9.79. The molecule has 96 valence electrons. The van der Waals surface area contributed by atoms with Crippen molar-refractivity contribution < 1.29 is 9.90 Å². The molecule has 0 amide bonds. The Hall–Kier alpha value is -1.79. The Morgan fingerprint density at radius 3 is 3.05 bits per heavy atom. The molecule has 3 aromatic rings. The molecule has 0 saturated heterocycles. The lowest BCUT2D eigenvalue weighted by Gasteiger charge is -1.92. The lowest BCUT2D eigenvalue weighted by atomic mass is 10.2. The van der Waals surface area contributed by atoms with Crippen molar-refractivity contribution in [3.8, 4) is 10.6 Å². The van der Waals surface area contributed by atoms with Crippen molar-refractivity contribution >= 4 is 39.2 Å². The summed E-state index contributed by atoms with van der Waals surface area (Å²) in [6.07, 6.45) is 1.74. The summed E-state index contributed by atoms with van der Waals surface area (Å²) in [5.74, 6) is -0.830. The van der Waals surface area contributed by atoms with Gasteiger partial charge >= 0.3 is 5.97 Å². The van der Waals surface area contributed by atoms with Crippen LogP contribution >= 0.6 is 23.1 Å². The number of aromatic nitrogens is 2. The fourth-order valence-corrected chi connectivity index (χ4v) is 3.34. The van der Waals surface area contributed by atoms with Crippen molar-refractivity contribution in [1.29, 1.82) is 0 Å². The van der Waals surface area contributed by atoms with Crippen LogP contribution in [0.2, 0.25) is 0 Å². The number of fused-ring (bicyclic) bond motifs is 1. The standard InChI is InChI=1S/C13H10N2O2S2/c16-12(17)7-18-13-14-6-9(15-13)11-5-8-3-1-2-4-10(8)19-11/h1-6H,7H2,(H,14,15)(H,16,17). The summed E-state index contributed by atoms with van der Waals surface area (Å²) >= 11 is 2.88. The molecular weight excluding hydrogens is 280 g/mol. The molecule has 0 atom stereocenters. The largest absolute Gasteiger partial charge is 0.481 e. The van der Waals surface area contributed by atoms with Gasteiger partial charge in [-0.3, -0.25) is 4.79 Å². The molecule has 2 heterocycles. The van der Waals surface area contributed by atoms with E-state index in [1.54, 1.807) is 17.5 Å². The minimum atomic E-state index is -0.843. The van der Waals surface area contributed by atoms with Crippen LogP contribution in [0, 0.1) is 0 Å². The molecule has 19 heavy (non-hydrogen) atoms. The zero-order valence-corrected chi connectivity index (χ0v) is 11.4. The fraction of sp³-hybridized carbons (Fsp3) is 0.0769. The molecule has 6 heteroatoms. The summed E-state index contributed by atoms with van der Waals surface area (Å²) in [6, 6.07) is 10.3. The van der Waals surface area contributed by atoms with Crippen molar-refractivity contribution in [2.75, 3.05) is 5.75 Å². The maximum Gasteiger partial charge on any atom is 0.313 e. The van der Waals surface area contributed by atoms with Gasteiger partial charge in [0.15, 0.2) is 5.16 Å². The SMILES string of the molecule is O=C(O)CSc1ncc(-c2cc3ccccc3s2)[nH]1. The number of carboxylic acids is 1. The minimum absolute atomic E-state index is 0.0133.